The summed E-state index contributed by atoms with van der Waals surface area (Å²) in [5.41, 5.74) is 3.32. The SMILES string of the molecule is COc1ccccc1NC(=O)c1cnc(NCc2cccc(C)c2)nc1. The summed E-state index contributed by atoms with van der Waals surface area (Å²) in [4.78, 5) is 20.8. The maximum Gasteiger partial charge on any atom is 0.258 e. The maximum absolute atomic E-state index is 12.3. The van der Waals surface area contributed by atoms with E-state index in [4.69, 9.17) is 4.74 Å². The molecule has 6 heteroatoms. The van der Waals surface area contributed by atoms with Gasteiger partial charge in [0, 0.05) is 18.9 Å². The van der Waals surface area contributed by atoms with Gasteiger partial charge in [0.05, 0.1) is 18.4 Å². The van der Waals surface area contributed by atoms with Gasteiger partial charge in [-0.05, 0) is 24.6 Å². The minimum atomic E-state index is -0.292. The van der Waals surface area contributed by atoms with Crippen molar-refractivity contribution >= 4 is 17.5 Å². The molecule has 0 aliphatic heterocycles. The first-order chi connectivity index (χ1) is 12.7. The number of hydrogen-bond donors (Lipinski definition) is 2. The Morgan fingerprint density at radius 3 is 2.58 bits per heavy atom. The number of nitrogens with one attached hydrogen (secondary N) is 2. The molecule has 2 aromatic carbocycles. The first kappa shape index (κ1) is 17.4. The number of para-hydroxylation sites is 2. The molecule has 0 fully saturated rings. The van der Waals surface area contributed by atoms with Crippen molar-refractivity contribution in [3.63, 3.8) is 0 Å². The number of carbonyl (C=O) groups is 1. The monoisotopic (exact) mass is 348 g/mol. The highest BCUT2D eigenvalue weighted by Crippen LogP contribution is 2.23. The molecule has 0 unspecified atom stereocenters. The van der Waals surface area contributed by atoms with Crippen LogP contribution in [0, 0.1) is 6.92 Å². The van der Waals surface area contributed by atoms with Crippen LogP contribution >= 0.6 is 0 Å². The Kier molecular flexibility index (Phi) is 5.43. The minimum Gasteiger partial charge on any atom is -0.495 e. The van der Waals surface area contributed by atoms with E-state index in [-0.39, 0.29) is 5.91 Å². The van der Waals surface area contributed by atoms with Crippen molar-refractivity contribution in [2.24, 2.45) is 0 Å². The Balaban J connectivity index is 1.62. The Morgan fingerprint density at radius 2 is 1.85 bits per heavy atom. The van der Waals surface area contributed by atoms with Crippen molar-refractivity contribution in [3.05, 3.63) is 77.6 Å². The number of anilines is 2. The molecule has 0 saturated heterocycles. The number of aromatic nitrogens is 2. The van der Waals surface area contributed by atoms with Crippen LogP contribution < -0.4 is 15.4 Å². The van der Waals surface area contributed by atoms with Gasteiger partial charge in [-0.3, -0.25) is 4.79 Å². The highest BCUT2D eigenvalue weighted by molar-refractivity contribution is 6.04. The van der Waals surface area contributed by atoms with E-state index < -0.39 is 0 Å². The summed E-state index contributed by atoms with van der Waals surface area (Å²) in [5.74, 6) is 0.776. The lowest BCUT2D eigenvalue weighted by molar-refractivity contribution is 0.102. The molecule has 6 nitrogen and oxygen atoms in total. The predicted molar refractivity (Wildman–Crippen MR) is 101 cm³/mol. The lowest BCUT2D eigenvalue weighted by atomic mass is 10.1. The van der Waals surface area contributed by atoms with Gasteiger partial charge in [-0.1, -0.05) is 42.0 Å². The summed E-state index contributed by atoms with van der Waals surface area (Å²) < 4.78 is 5.23. The normalized spacial score (nSPS) is 10.2. The third-order valence-corrected chi connectivity index (χ3v) is 3.80. The topological polar surface area (TPSA) is 76.1 Å². The molecule has 1 heterocycles. The van der Waals surface area contributed by atoms with E-state index in [0.717, 1.165) is 5.56 Å². The first-order valence-corrected chi connectivity index (χ1v) is 8.21. The molecule has 26 heavy (non-hydrogen) atoms. The molecule has 0 aliphatic carbocycles. The van der Waals surface area contributed by atoms with Crippen LogP contribution in [-0.2, 0) is 6.54 Å². The lowest BCUT2D eigenvalue weighted by Gasteiger charge is -2.10. The van der Waals surface area contributed by atoms with Crippen molar-refractivity contribution in [3.8, 4) is 5.75 Å². The van der Waals surface area contributed by atoms with E-state index in [1.807, 2.05) is 24.3 Å². The zero-order valence-electron chi connectivity index (χ0n) is 14.7. The van der Waals surface area contributed by atoms with E-state index in [0.29, 0.717) is 29.5 Å². The van der Waals surface area contributed by atoms with E-state index in [2.05, 4.69) is 39.7 Å². The van der Waals surface area contributed by atoms with Gasteiger partial charge < -0.3 is 15.4 Å². The molecule has 1 aromatic heterocycles. The number of aryl methyl sites for hydroxylation is 1. The van der Waals surface area contributed by atoms with Gasteiger partial charge in [-0.25, -0.2) is 9.97 Å². The molecule has 3 aromatic rings. The first-order valence-electron chi connectivity index (χ1n) is 8.21. The second-order valence-electron chi connectivity index (χ2n) is 5.79. The van der Waals surface area contributed by atoms with E-state index in [1.54, 1.807) is 19.2 Å². The van der Waals surface area contributed by atoms with E-state index in [1.165, 1.54) is 18.0 Å². The summed E-state index contributed by atoms with van der Waals surface area (Å²) in [5, 5.41) is 5.95. The number of benzene rings is 2. The van der Waals surface area contributed by atoms with Crippen LogP contribution in [0.4, 0.5) is 11.6 Å². The van der Waals surface area contributed by atoms with Crippen LogP contribution in [0.1, 0.15) is 21.5 Å². The van der Waals surface area contributed by atoms with Gasteiger partial charge in [0.15, 0.2) is 0 Å². The molecule has 1 amide bonds. The van der Waals surface area contributed by atoms with Crippen LogP contribution in [0.3, 0.4) is 0 Å². The number of carbonyl (C=O) groups excluding carboxylic acids is 1. The second-order valence-corrected chi connectivity index (χ2v) is 5.79. The van der Waals surface area contributed by atoms with Gasteiger partial charge in [-0.2, -0.15) is 0 Å². The van der Waals surface area contributed by atoms with E-state index >= 15 is 0 Å². The zero-order chi connectivity index (χ0) is 18.4. The highest BCUT2D eigenvalue weighted by Gasteiger charge is 2.10. The van der Waals surface area contributed by atoms with Crippen molar-refractivity contribution in [1.82, 2.24) is 9.97 Å². The molecule has 2 N–H and O–H groups in total. The third-order valence-electron chi connectivity index (χ3n) is 3.80. The number of ether oxygens (including phenoxy) is 1. The van der Waals surface area contributed by atoms with Crippen molar-refractivity contribution in [1.29, 1.82) is 0 Å². The molecule has 0 aliphatic rings. The summed E-state index contributed by atoms with van der Waals surface area (Å²) in [6.45, 7) is 2.67. The average Bonchev–Trinajstić information content (AvgIpc) is 2.67. The number of nitrogens with zero attached hydrogens (tertiary/aromatic N) is 2. The predicted octanol–water partition coefficient (Wildman–Crippen LogP) is 3.66. The molecular formula is C20H20N4O2. The average molecular weight is 348 g/mol. The summed E-state index contributed by atoms with van der Waals surface area (Å²) >= 11 is 0. The molecule has 132 valence electrons. The van der Waals surface area contributed by atoms with Gasteiger partial charge in [0.2, 0.25) is 5.95 Å². The molecule has 0 spiro atoms. The lowest BCUT2D eigenvalue weighted by Crippen LogP contribution is -2.14. The Bertz CT molecular complexity index is 894. The standard InChI is InChI=1S/C20H20N4O2/c1-14-6-5-7-15(10-14)11-21-20-22-12-16(13-23-20)19(25)24-17-8-3-4-9-18(17)26-2/h3-10,12-13H,11H2,1-2H3,(H,24,25)(H,21,22,23). The van der Waals surface area contributed by atoms with Gasteiger partial charge >= 0.3 is 0 Å². The largest absolute Gasteiger partial charge is 0.495 e. The molecule has 0 saturated carbocycles. The Labute approximate surface area is 152 Å². The molecule has 0 radical (unpaired) electrons. The fourth-order valence-electron chi connectivity index (χ4n) is 2.48. The smallest absolute Gasteiger partial charge is 0.258 e. The number of methoxy groups -OCH3 is 1. The quantitative estimate of drug-likeness (QED) is 0.711. The van der Waals surface area contributed by atoms with Gasteiger partial charge in [0.1, 0.15) is 5.75 Å². The number of amides is 1. The van der Waals surface area contributed by atoms with Gasteiger partial charge in [-0.15, -0.1) is 0 Å². The van der Waals surface area contributed by atoms with Crippen LogP contribution in [0.2, 0.25) is 0 Å². The number of hydrogen-bond acceptors (Lipinski definition) is 5. The Hall–Kier alpha value is -3.41. The van der Waals surface area contributed by atoms with Crippen molar-refractivity contribution in [2.45, 2.75) is 13.5 Å². The highest BCUT2D eigenvalue weighted by atomic mass is 16.5. The molecule has 0 bridgehead atoms. The van der Waals surface area contributed by atoms with Crippen molar-refractivity contribution in [2.75, 3.05) is 17.7 Å². The van der Waals surface area contributed by atoms with Crippen LogP contribution in [0.25, 0.3) is 0 Å². The van der Waals surface area contributed by atoms with Crippen LogP contribution in [0.5, 0.6) is 5.75 Å². The van der Waals surface area contributed by atoms with Crippen LogP contribution in [0.15, 0.2) is 60.9 Å². The number of rotatable bonds is 6. The fourth-order valence-corrected chi connectivity index (χ4v) is 2.48. The summed E-state index contributed by atoms with van der Waals surface area (Å²) in [6.07, 6.45) is 2.99. The minimum absolute atomic E-state index is 0.292. The third kappa shape index (κ3) is 4.36. The molecule has 0 atom stereocenters. The van der Waals surface area contributed by atoms with Crippen LogP contribution in [-0.4, -0.2) is 23.0 Å². The second kappa shape index (κ2) is 8.11. The molecular weight excluding hydrogens is 328 g/mol. The fraction of sp³-hybridized carbons (Fsp3) is 0.150. The zero-order valence-corrected chi connectivity index (χ0v) is 14.7. The maximum atomic E-state index is 12.3. The summed E-state index contributed by atoms with van der Waals surface area (Å²) in [6, 6.07) is 15.4. The van der Waals surface area contributed by atoms with Gasteiger partial charge in [0.25, 0.3) is 5.91 Å². The molecule has 3 rings (SSSR count). The van der Waals surface area contributed by atoms with E-state index in [9.17, 15) is 4.79 Å². The van der Waals surface area contributed by atoms with Crippen molar-refractivity contribution < 1.29 is 9.53 Å². The Morgan fingerprint density at radius 1 is 1.08 bits per heavy atom. The summed E-state index contributed by atoms with van der Waals surface area (Å²) in [7, 11) is 1.56.